The minimum atomic E-state index is -3.49. The van der Waals surface area contributed by atoms with Crippen LogP contribution in [0.25, 0.3) is 0 Å². The molecule has 1 aromatic heterocycles. The monoisotopic (exact) mass is 495 g/mol. The van der Waals surface area contributed by atoms with Crippen molar-refractivity contribution in [2.24, 2.45) is 11.8 Å². The number of amides is 2. The van der Waals surface area contributed by atoms with Crippen molar-refractivity contribution in [2.75, 3.05) is 24.5 Å². The van der Waals surface area contributed by atoms with Crippen LogP contribution >= 0.6 is 22.9 Å². The number of anilines is 1. The average molecular weight is 496 g/mol. The zero-order chi connectivity index (χ0) is 22.9. The average Bonchev–Trinajstić information content (AvgIpc) is 3.40. The lowest BCUT2D eigenvalue weighted by Gasteiger charge is -2.28. The summed E-state index contributed by atoms with van der Waals surface area (Å²) in [5, 5.41) is 3.39. The van der Waals surface area contributed by atoms with E-state index in [1.807, 2.05) is 0 Å². The summed E-state index contributed by atoms with van der Waals surface area (Å²) in [5.41, 5.74) is 0.679. The molecular formula is C22H26ClN3O4S2. The highest BCUT2D eigenvalue weighted by atomic mass is 35.5. The van der Waals surface area contributed by atoms with E-state index in [9.17, 15) is 18.0 Å². The van der Waals surface area contributed by atoms with E-state index in [0.29, 0.717) is 40.5 Å². The van der Waals surface area contributed by atoms with E-state index in [0.717, 1.165) is 17.7 Å². The van der Waals surface area contributed by atoms with Crippen molar-refractivity contribution in [2.45, 2.75) is 36.9 Å². The predicted octanol–water partition coefficient (Wildman–Crippen LogP) is 3.49. The Morgan fingerprint density at radius 1 is 1.22 bits per heavy atom. The molecule has 2 fully saturated rings. The largest absolute Gasteiger partial charge is 0.351 e. The summed E-state index contributed by atoms with van der Waals surface area (Å²) in [6, 6.07) is 10.3. The van der Waals surface area contributed by atoms with Gasteiger partial charge in [0.05, 0.1) is 12.5 Å². The zero-order valence-electron chi connectivity index (χ0n) is 17.8. The van der Waals surface area contributed by atoms with Crippen molar-refractivity contribution in [3.63, 3.8) is 0 Å². The SMILES string of the molecule is CC1CCN(S(=O)(=O)c2ccc(CNC(=O)[C@@H]3CC(=O)N(c4cccc(Cl)c4)C3)s2)CC1. The molecule has 0 bridgehead atoms. The van der Waals surface area contributed by atoms with Crippen LogP contribution in [-0.2, 0) is 26.2 Å². The van der Waals surface area contributed by atoms with E-state index in [1.165, 1.54) is 11.3 Å². The zero-order valence-corrected chi connectivity index (χ0v) is 20.2. The maximum atomic E-state index is 12.9. The first kappa shape index (κ1) is 23.2. The Hall–Kier alpha value is -1.94. The van der Waals surface area contributed by atoms with Gasteiger partial charge in [-0.25, -0.2) is 8.42 Å². The number of rotatable bonds is 6. The van der Waals surface area contributed by atoms with Crippen molar-refractivity contribution < 1.29 is 18.0 Å². The first-order chi connectivity index (χ1) is 15.2. The molecule has 0 aliphatic carbocycles. The topological polar surface area (TPSA) is 86.8 Å². The lowest BCUT2D eigenvalue weighted by molar-refractivity contribution is -0.126. The predicted molar refractivity (Wildman–Crippen MR) is 125 cm³/mol. The summed E-state index contributed by atoms with van der Waals surface area (Å²) >= 11 is 7.20. The Morgan fingerprint density at radius 2 is 1.97 bits per heavy atom. The number of halogens is 1. The van der Waals surface area contributed by atoms with E-state index in [2.05, 4.69) is 12.2 Å². The lowest BCUT2D eigenvalue weighted by Crippen LogP contribution is -2.37. The maximum Gasteiger partial charge on any atom is 0.252 e. The number of nitrogens with one attached hydrogen (secondary N) is 1. The number of sulfonamides is 1. The Labute approximate surface area is 197 Å². The third kappa shape index (κ3) is 5.01. The molecule has 10 heteroatoms. The van der Waals surface area contributed by atoms with Gasteiger partial charge >= 0.3 is 0 Å². The smallest absolute Gasteiger partial charge is 0.252 e. The van der Waals surface area contributed by atoms with Crippen LogP contribution in [0.3, 0.4) is 0 Å². The van der Waals surface area contributed by atoms with Crippen LogP contribution in [0.4, 0.5) is 5.69 Å². The second-order valence-electron chi connectivity index (χ2n) is 8.41. The van der Waals surface area contributed by atoms with Gasteiger partial charge in [0.2, 0.25) is 11.8 Å². The molecule has 3 heterocycles. The third-order valence-electron chi connectivity index (χ3n) is 6.03. The van der Waals surface area contributed by atoms with Crippen LogP contribution in [0.1, 0.15) is 31.1 Å². The minimum absolute atomic E-state index is 0.118. The quantitative estimate of drug-likeness (QED) is 0.664. The first-order valence-electron chi connectivity index (χ1n) is 10.7. The van der Waals surface area contributed by atoms with Gasteiger partial charge in [0.25, 0.3) is 10.0 Å². The molecule has 2 aromatic rings. The summed E-state index contributed by atoms with van der Waals surface area (Å²) in [6.07, 6.45) is 1.88. The van der Waals surface area contributed by atoms with Gasteiger partial charge in [0.1, 0.15) is 4.21 Å². The van der Waals surface area contributed by atoms with Gasteiger partial charge in [0.15, 0.2) is 0 Å². The standard InChI is InChI=1S/C22H26ClN3O4S2/c1-15-7-9-25(10-8-15)32(29,30)21-6-5-19(31-21)13-24-22(28)16-11-20(27)26(14-16)18-4-2-3-17(23)12-18/h2-6,12,15-16H,7-11,13-14H2,1H3,(H,24,28)/t16-/m1/s1. The summed E-state index contributed by atoms with van der Waals surface area (Å²) in [6.45, 7) is 3.76. The number of piperidine rings is 1. The second kappa shape index (κ2) is 9.51. The molecule has 0 radical (unpaired) electrons. The van der Waals surface area contributed by atoms with Crippen molar-refractivity contribution in [3.8, 4) is 0 Å². The molecule has 2 aliphatic rings. The fourth-order valence-corrected chi connectivity index (χ4v) is 7.14. The van der Waals surface area contributed by atoms with E-state index in [4.69, 9.17) is 11.6 Å². The molecule has 2 aliphatic heterocycles. The number of benzene rings is 1. The fourth-order valence-electron chi connectivity index (χ4n) is 4.04. The van der Waals surface area contributed by atoms with Crippen LogP contribution in [-0.4, -0.2) is 44.2 Å². The molecule has 1 atom stereocenters. The Morgan fingerprint density at radius 3 is 2.69 bits per heavy atom. The Balaban J connectivity index is 1.34. The van der Waals surface area contributed by atoms with Gasteiger partial charge in [-0.15, -0.1) is 11.3 Å². The lowest BCUT2D eigenvalue weighted by atomic mass is 10.0. The van der Waals surface area contributed by atoms with Crippen molar-refractivity contribution in [3.05, 3.63) is 46.3 Å². The maximum absolute atomic E-state index is 12.9. The normalized spacial score (nSPS) is 20.6. The molecule has 0 saturated carbocycles. The van der Waals surface area contributed by atoms with Gasteiger partial charge in [-0.1, -0.05) is 24.6 Å². The summed E-state index contributed by atoms with van der Waals surface area (Å²) in [4.78, 5) is 27.4. The molecule has 32 heavy (non-hydrogen) atoms. The molecule has 7 nitrogen and oxygen atoms in total. The molecule has 172 valence electrons. The number of carbonyl (C=O) groups excluding carboxylic acids is 2. The number of thiophene rings is 1. The van der Waals surface area contributed by atoms with Crippen molar-refractivity contribution in [1.29, 1.82) is 0 Å². The van der Waals surface area contributed by atoms with Crippen molar-refractivity contribution >= 4 is 50.5 Å². The number of hydrogen-bond donors (Lipinski definition) is 1. The molecule has 0 spiro atoms. The number of carbonyl (C=O) groups is 2. The summed E-state index contributed by atoms with van der Waals surface area (Å²) < 4.78 is 27.6. The highest BCUT2D eigenvalue weighted by molar-refractivity contribution is 7.91. The summed E-state index contributed by atoms with van der Waals surface area (Å²) in [7, 11) is -3.49. The van der Waals surface area contributed by atoms with Crippen LogP contribution in [0.15, 0.2) is 40.6 Å². The van der Waals surface area contributed by atoms with Gasteiger partial charge in [-0.2, -0.15) is 4.31 Å². The van der Waals surface area contributed by atoms with Crippen LogP contribution in [0.5, 0.6) is 0 Å². The van der Waals surface area contributed by atoms with E-state index >= 15 is 0 Å². The van der Waals surface area contributed by atoms with E-state index in [1.54, 1.807) is 45.6 Å². The number of nitrogens with zero attached hydrogens (tertiary/aromatic N) is 2. The van der Waals surface area contributed by atoms with Gasteiger partial charge in [-0.05, 0) is 49.1 Å². The number of hydrogen-bond acceptors (Lipinski definition) is 5. The van der Waals surface area contributed by atoms with Crippen LogP contribution in [0.2, 0.25) is 5.02 Å². The third-order valence-corrected chi connectivity index (χ3v) is 9.71. The van der Waals surface area contributed by atoms with Gasteiger partial charge in [-0.3, -0.25) is 9.59 Å². The second-order valence-corrected chi connectivity index (χ2v) is 12.2. The summed E-state index contributed by atoms with van der Waals surface area (Å²) in [5.74, 6) is -0.244. The van der Waals surface area contributed by atoms with Crippen LogP contribution in [0, 0.1) is 11.8 Å². The minimum Gasteiger partial charge on any atom is -0.351 e. The highest BCUT2D eigenvalue weighted by Gasteiger charge is 2.35. The molecule has 4 rings (SSSR count). The van der Waals surface area contributed by atoms with Crippen molar-refractivity contribution in [1.82, 2.24) is 9.62 Å². The molecule has 0 unspecified atom stereocenters. The van der Waals surface area contributed by atoms with E-state index < -0.39 is 15.9 Å². The first-order valence-corrected chi connectivity index (χ1v) is 13.3. The van der Waals surface area contributed by atoms with Crippen LogP contribution < -0.4 is 10.2 Å². The Kier molecular flexibility index (Phi) is 6.90. The van der Waals surface area contributed by atoms with E-state index in [-0.39, 0.29) is 24.8 Å². The molecule has 1 N–H and O–H groups in total. The highest BCUT2D eigenvalue weighted by Crippen LogP contribution is 2.29. The molecule has 2 amide bonds. The fraction of sp³-hybridized carbons (Fsp3) is 0.455. The van der Waals surface area contributed by atoms with Gasteiger partial charge < -0.3 is 10.2 Å². The Bertz CT molecular complexity index is 1110. The molecule has 1 aromatic carbocycles. The molecular weight excluding hydrogens is 470 g/mol. The molecule has 2 saturated heterocycles. The van der Waals surface area contributed by atoms with Gasteiger partial charge in [0, 0.05) is 41.6 Å².